The van der Waals surface area contributed by atoms with E-state index in [4.69, 9.17) is 4.74 Å². The van der Waals surface area contributed by atoms with E-state index in [2.05, 4.69) is 10.0 Å². The SMILES string of the molecule is COc1ccccc1[C@@H]1[C@@H]2C(=O)N(c3ccc(C)cc3)C(=O)[C@H]2N2CCCN12. The molecule has 28 heavy (non-hydrogen) atoms. The van der Waals surface area contributed by atoms with Gasteiger partial charge in [0.05, 0.1) is 24.8 Å². The lowest BCUT2D eigenvalue weighted by atomic mass is 9.89. The Kier molecular flexibility index (Phi) is 4.00. The maximum absolute atomic E-state index is 13.5. The molecule has 3 aliphatic heterocycles. The van der Waals surface area contributed by atoms with E-state index in [-0.39, 0.29) is 17.9 Å². The summed E-state index contributed by atoms with van der Waals surface area (Å²) in [6.07, 6.45) is 0.987. The minimum Gasteiger partial charge on any atom is -0.496 e. The van der Waals surface area contributed by atoms with Crippen LogP contribution in [0.2, 0.25) is 0 Å². The second-order valence-corrected chi connectivity index (χ2v) is 7.68. The molecule has 0 spiro atoms. The van der Waals surface area contributed by atoms with Crippen molar-refractivity contribution in [3.05, 3.63) is 59.7 Å². The fraction of sp³-hybridized carbons (Fsp3) is 0.364. The van der Waals surface area contributed by atoms with Crippen molar-refractivity contribution >= 4 is 17.5 Å². The summed E-state index contributed by atoms with van der Waals surface area (Å²) in [5, 5.41) is 4.31. The second kappa shape index (κ2) is 6.43. The summed E-state index contributed by atoms with van der Waals surface area (Å²) < 4.78 is 5.59. The first-order chi connectivity index (χ1) is 13.6. The molecule has 2 aromatic rings. The number of rotatable bonds is 3. The van der Waals surface area contributed by atoms with Gasteiger partial charge in [-0.3, -0.25) is 9.59 Å². The summed E-state index contributed by atoms with van der Waals surface area (Å²) in [5.41, 5.74) is 2.72. The molecule has 3 saturated heterocycles. The molecule has 0 aromatic heterocycles. The first-order valence-corrected chi connectivity index (χ1v) is 9.72. The van der Waals surface area contributed by atoms with E-state index in [0.717, 1.165) is 36.4 Å². The van der Waals surface area contributed by atoms with Crippen molar-refractivity contribution < 1.29 is 14.3 Å². The van der Waals surface area contributed by atoms with Crippen LogP contribution in [0, 0.1) is 12.8 Å². The van der Waals surface area contributed by atoms with Crippen LogP contribution < -0.4 is 9.64 Å². The zero-order valence-corrected chi connectivity index (χ0v) is 16.0. The molecule has 2 amide bonds. The summed E-state index contributed by atoms with van der Waals surface area (Å²) in [4.78, 5) is 28.3. The lowest BCUT2D eigenvalue weighted by molar-refractivity contribution is -0.126. The smallest absolute Gasteiger partial charge is 0.253 e. The molecule has 0 bridgehead atoms. The van der Waals surface area contributed by atoms with Crippen LogP contribution in [0.5, 0.6) is 5.75 Å². The molecular weight excluding hydrogens is 354 g/mol. The summed E-state index contributed by atoms with van der Waals surface area (Å²) >= 11 is 0. The maximum atomic E-state index is 13.5. The zero-order valence-electron chi connectivity index (χ0n) is 16.0. The van der Waals surface area contributed by atoms with Crippen molar-refractivity contribution in [3.8, 4) is 5.75 Å². The van der Waals surface area contributed by atoms with Crippen molar-refractivity contribution in [2.45, 2.75) is 25.4 Å². The van der Waals surface area contributed by atoms with E-state index in [1.165, 1.54) is 4.90 Å². The van der Waals surface area contributed by atoms with Crippen molar-refractivity contribution in [2.75, 3.05) is 25.1 Å². The quantitative estimate of drug-likeness (QED) is 0.770. The van der Waals surface area contributed by atoms with Crippen LogP contribution in [-0.4, -0.2) is 48.1 Å². The number of fused-ring (bicyclic) bond motifs is 3. The molecule has 0 aliphatic carbocycles. The Morgan fingerprint density at radius 2 is 1.57 bits per heavy atom. The van der Waals surface area contributed by atoms with Crippen LogP contribution in [0.4, 0.5) is 5.69 Å². The summed E-state index contributed by atoms with van der Waals surface area (Å²) in [6, 6.07) is 14.8. The molecule has 5 rings (SSSR count). The zero-order chi connectivity index (χ0) is 19.4. The summed E-state index contributed by atoms with van der Waals surface area (Å²) in [7, 11) is 1.65. The molecule has 2 aromatic carbocycles. The number of carbonyl (C=O) groups excluding carboxylic acids is 2. The summed E-state index contributed by atoms with van der Waals surface area (Å²) in [6.45, 7) is 3.64. The summed E-state index contributed by atoms with van der Waals surface area (Å²) in [5.74, 6) is 0.0896. The normalized spacial score (nSPS) is 27.4. The highest BCUT2D eigenvalue weighted by atomic mass is 16.5. The Morgan fingerprint density at radius 3 is 2.29 bits per heavy atom. The van der Waals surface area contributed by atoms with Gasteiger partial charge in [0.2, 0.25) is 5.91 Å². The number of methoxy groups -OCH3 is 1. The minimum atomic E-state index is -0.439. The minimum absolute atomic E-state index is 0.121. The molecule has 0 radical (unpaired) electrons. The lowest BCUT2D eigenvalue weighted by Gasteiger charge is -2.30. The average Bonchev–Trinajstić information content (AvgIpc) is 3.35. The largest absolute Gasteiger partial charge is 0.496 e. The van der Waals surface area contributed by atoms with Gasteiger partial charge in [-0.2, -0.15) is 0 Å². The number of benzene rings is 2. The van der Waals surface area contributed by atoms with Gasteiger partial charge in [0, 0.05) is 18.7 Å². The highest BCUT2D eigenvalue weighted by molar-refractivity contribution is 6.24. The predicted molar refractivity (Wildman–Crippen MR) is 105 cm³/mol. The van der Waals surface area contributed by atoms with E-state index >= 15 is 0 Å². The van der Waals surface area contributed by atoms with Crippen molar-refractivity contribution in [1.82, 2.24) is 10.0 Å². The number of hydrogen-bond donors (Lipinski definition) is 0. The van der Waals surface area contributed by atoms with Crippen LogP contribution in [0.1, 0.15) is 23.6 Å². The van der Waals surface area contributed by atoms with Gasteiger partial charge >= 0.3 is 0 Å². The van der Waals surface area contributed by atoms with E-state index in [9.17, 15) is 9.59 Å². The Morgan fingerprint density at radius 1 is 0.893 bits per heavy atom. The number of carbonyl (C=O) groups is 2. The lowest BCUT2D eigenvalue weighted by Crippen LogP contribution is -2.44. The van der Waals surface area contributed by atoms with Gasteiger partial charge < -0.3 is 4.74 Å². The third kappa shape index (κ3) is 2.34. The number of ether oxygens (including phenoxy) is 1. The van der Waals surface area contributed by atoms with Gasteiger partial charge in [-0.15, -0.1) is 0 Å². The van der Waals surface area contributed by atoms with Crippen molar-refractivity contribution in [2.24, 2.45) is 5.92 Å². The standard InChI is InChI=1S/C22H23N3O3/c1-14-8-10-15(11-9-14)25-21(26)18-19(16-6-3-4-7-17(16)28-2)23-12-5-13-24(23)20(18)22(25)27/h3-4,6-11,18-20H,5,12-13H2,1-2H3/t18-,19+,20-/m0/s1. The number of imide groups is 1. The molecule has 3 atom stereocenters. The number of para-hydroxylation sites is 1. The van der Waals surface area contributed by atoms with Crippen LogP contribution in [-0.2, 0) is 9.59 Å². The number of anilines is 1. The van der Waals surface area contributed by atoms with Crippen LogP contribution in [0.3, 0.4) is 0 Å². The fourth-order valence-electron chi connectivity index (χ4n) is 4.95. The molecule has 3 aliphatic rings. The van der Waals surface area contributed by atoms with Crippen LogP contribution >= 0.6 is 0 Å². The third-order valence-corrected chi connectivity index (χ3v) is 6.16. The van der Waals surface area contributed by atoms with Gasteiger partial charge in [-0.05, 0) is 31.5 Å². The molecule has 6 nitrogen and oxygen atoms in total. The van der Waals surface area contributed by atoms with E-state index in [0.29, 0.717) is 5.69 Å². The number of aryl methyl sites for hydroxylation is 1. The van der Waals surface area contributed by atoms with Crippen LogP contribution in [0.25, 0.3) is 0 Å². The average molecular weight is 377 g/mol. The third-order valence-electron chi connectivity index (χ3n) is 6.16. The monoisotopic (exact) mass is 377 g/mol. The first kappa shape index (κ1) is 17.4. The molecule has 3 fully saturated rings. The van der Waals surface area contributed by atoms with Crippen molar-refractivity contribution in [3.63, 3.8) is 0 Å². The molecule has 6 heteroatoms. The van der Waals surface area contributed by atoms with Gasteiger partial charge in [-0.25, -0.2) is 14.9 Å². The van der Waals surface area contributed by atoms with E-state index in [1.807, 2.05) is 55.5 Å². The number of hydrogen-bond acceptors (Lipinski definition) is 5. The molecule has 144 valence electrons. The second-order valence-electron chi connectivity index (χ2n) is 7.68. The number of amides is 2. The Hall–Kier alpha value is -2.70. The van der Waals surface area contributed by atoms with Gasteiger partial charge in [0.25, 0.3) is 5.91 Å². The van der Waals surface area contributed by atoms with Gasteiger partial charge in [-0.1, -0.05) is 35.9 Å². The molecule has 3 heterocycles. The topological polar surface area (TPSA) is 53.1 Å². The maximum Gasteiger partial charge on any atom is 0.253 e. The first-order valence-electron chi connectivity index (χ1n) is 9.72. The number of hydrazine groups is 1. The van der Waals surface area contributed by atoms with Crippen molar-refractivity contribution in [1.29, 1.82) is 0 Å². The van der Waals surface area contributed by atoms with Gasteiger partial charge in [0.1, 0.15) is 11.8 Å². The molecule has 0 unspecified atom stereocenters. The Labute approximate surface area is 164 Å². The molecule has 0 N–H and O–H groups in total. The highest BCUT2D eigenvalue weighted by Gasteiger charge is 2.63. The predicted octanol–water partition coefficient (Wildman–Crippen LogP) is 2.54. The Balaban J connectivity index is 1.60. The molecular formula is C22H23N3O3. The fourth-order valence-corrected chi connectivity index (χ4v) is 4.95. The van der Waals surface area contributed by atoms with Crippen LogP contribution in [0.15, 0.2) is 48.5 Å². The Bertz CT molecular complexity index is 942. The molecule has 0 saturated carbocycles. The number of nitrogens with zero attached hydrogens (tertiary/aromatic N) is 3. The highest BCUT2D eigenvalue weighted by Crippen LogP contribution is 2.50. The van der Waals surface area contributed by atoms with E-state index in [1.54, 1.807) is 7.11 Å². The van der Waals surface area contributed by atoms with Gasteiger partial charge in [0.15, 0.2) is 0 Å². The van der Waals surface area contributed by atoms with E-state index < -0.39 is 12.0 Å².